The summed E-state index contributed by atoms with van der Waals surface area (Å²) in [6, 6.07) is 6.65. The minimum absolute atomic E-state index is 0.0331. The fourth-order valence-corrected chi connectivity index (χ4v) is 6.40. The fourth-order valence-electron chi connectivity index (χ4n) is 4.42. The Bertz CT molecular complexity index is 845. The van der Waals surface area contributed by atoms with E-state index in [1.807, 2.05) is 24.3 Å². The van der Waals surface area contributed by atoms with Crippen molar-refractivity contribution >= 4 is 21.7 Å². The number of hydrogen-bond donors (Lipinski definition) is 0. The molecule has 2 heterocycles. The van der Waals surface area contributed by atoms with Crippen LogP contribution in [0.1, 0.15) is 42.1 Å². The van der Waals surface area contributed by atoms with Crippen molar-refractivity contribution in [3.63, 3.8) is 0 Å². The molecule has 3 fully saturated rings. The zero-order valence-electron chi connectivity index (χ0n) is 15.6. The number of nitrogens with zero attached hydrogens (tertiary/aromatic N) is 2. The molecule has 2 atom stereocenters. The number of carbonyl (C=O) groups is 2. The SMILES string of the molecule is CCc1ccc(C(=O)N2CCN(C(=O)C3CCC3)C3CS(=O)(=O)CC32)cc1. The van der Waals surface area contributed by atoms with Gasteiger partial charge in [0.05, 0.1) is 23.6 Å². The molecule has 0 aromatic heterocycles. The van der Waals surface area contributed by atoms with Crippen LogP contribution in [-0.4, -0.2) is 66.7 Å². The van der Waals surface area contributed by atoms with Gasteiger partial charge in [-0.05, 0) is 37.0 Å². The summed E-state index contributed by atoms with van der Waals surface area (Å²) in [5, 5.41) is 0. The molecule has 3 aliphatic rings. The molecule has 0 N–H and O–H groups in total. The highest BCUT2D eigenvalue weighted by Crippen LogP contribution is 2.34. The summed E-state index contributed by atoms with van der Waals surface area (Å²) >= 11 is 0. The van der Waals surface area contributed by atoms with Crippen molar-refractivity contribution < 1.29 is 18.0 Å². The van der Waals surface area contributed by atoms with Crippen LogP contribution in [0.15, 0.2) is 24.3 Å². The average Bonchev–Trinajstić information content (AvgIpc) is 2.93. The van der Waals surface area contributed by atoms with Gasteiger partial charge in [0.15, 0.2) is 9.84 Å². The van der Waals surface area contributed by atoms with Crippen LogP contribution in [0.5, 0.6) is 0 Å². The average molecular weight is 391 g/mol. The highest BCUT2D eigenvalue weighted by atomic mass is 32.2. The third kappa shape index (κ3) is 3.37. The minimum atomic E-state index is -3.26. The minimum Gasteiger partial charge on any atom is -0.335 e. The summed E-state index contributed by atoms with van der Waals surface area (Å²) in [5.41, 5.74) is 1.73. The summed E-state index contributed by atoms with van der Waals surface area (Å²) in [6.45, 7) is 2.87. The number of amides is 2. The summed E-state index contributed by atoms with van der Waals surface area (Å²) < 4.78 is 24.7. The van der Waals surface area contributed by atoms with E-state index in [0.29, 0.717) is 18.7 Å². The number of aryl methyl sites for hydroxylation is 1. The van der Waals surface area contributed by atoms with E-state index in [0.717, 1.165) is 31.2 Å². The summed E-state index contributed by atoms with van der Waals surface area (Å²) in [4.78, 5) is 29.3. The Kier molecular flexibility index (Phi) is 4.74. The first-order chi connectivity index (χ1) is 12.9. The predicted octanol–water partition coefficient (Wildman–Crippen LogP) is 1.50. The van der Waals surface area contributed by atoms with Crippen LogP contribution >= 0.6 is 0 Å². The maximum atomic E-state index is 13.1. The number of hydrogen-bond acceptors (Lipinski definition) is 4. The van der Waals surface area contributed by atoms with E-state index in [1.54, 1.807) is 9.80 Å². The largest absolute Gasteiger partial charge is 0.335 e. The third-order valence-electron chi connectivity index (χ3n) is 6.28. The fraction of sp³-hybridized carbons (Fsp3) is 0.600. The number of benzene rings is 1. The monoisotopic (exact) mass is 390 g/mol. The van der Waals surface area contributed by atoms with Gasteiger partial charge in [0.2, 0.25) is 5.91 Å². The van der Waals surface area contributed by atoms with E-state index < -0.39 is 21.9 Å². The first-order valence-electron chi connectivity index (χ1n) is 9.80. The molecule has 0 spiro atoms. The van der Waals surface area contributed by atoms with E-state index >= 15 is 0 Å². The summed E-state index contributed by atoms with van der Waals surface area (Å²) in [5.74, 6) is -0.106. The van der Waals surface area contributed by atoms with Gasteiger partial charge in [0.25, 0.3) is 5.91 Å². The van der Waals surface area contributed by atoms with Gasteiger partial charge in [-0.15, -0.1) is 0 Å². The van der Waals surface area contributed by atoms with Crippen LogP contribution in [-0.2, 0) is 21.1 Å². The van der Waals surface area contributed by atoms with E-state index in [2.05, 4.69) is 6.92 Å². The van der Waals surface area contributed by atoms with Crippen molar-refractivity contribution in [2.45, 2.75) is 44.7 Å². The zero-order valence-corrected chi connectivity index (χ0v) is 16.5. The Labute approximate surface area is 160 Å². The van der Waals surface area contributed by atoms with Gasteiger partial charge >= 0.3 is 0 Å². The molecule has 1 aliphatic carbocycles. The molecule has 2 saturated heterocycles. The normalized spacial score (nSPS) is 27.1. The lowest BCUT2D eigenvalue weighted by molar-refractivity contribution is -0.143. The van der Waals surface area contributed by atoms with Crippen LogP contribution in [0.25, 0.3) is 0 Å². The summed E-state index contributed by atoms with van der Waals surface area (Å²) in [7, 11) is -3.26. The molecule has 7 heteroatoms. The van der Waals surface area contributed by atoms with Crippen molar-refractivity contribution in [1.82, 2.24) is 9.80 Å². The molecule has 1 aromatic rings. The van der Waals surface area contributed by atoms with Gasteiger partial charge in [-0.3, -0.25) is 9.59 Å². The lowest BCUT2D eigenvalue weighted by atomic mass is 9.83. The number of fused-ring (bicyclic) bond motifs is 1. The molecular formula is C20H26N2O4S. The van der Waals surface area contributed by atoms with Gasteiger partial charge < -0.3 is 9.80 Å². The molecule has 2 unspecified atom stereocenters. The second-order valence-electron chi connectivity index (χ2n) is 7.92. The lowest BCUT2D eigenvalue weighted by Crippen LogP contribution is -2.63. The van der Waals surface area contributed by atoms with Crippen molar-refractivity contribution in [2.24, 2.45) is 5.92 Å². The number of carbonyl (C=O) groups excluding carboxylic acids is 2. The highest BCUT2D eigenvalue weighted by molar-refractivity contribution is 7.91. The van der Waals surface area contributed by atoms with E-state index in [9.17, 15) is 18.0 Å². The van der Waals surface area contributed by atoms with E-state index in [-0.39, 0.29) is 29.2 Å². The molecule has 4 rings (SSSR count). The summed E-state index contributed by atoms with van der Waals surface area (Å²) in [6.07, 6.45) is 3.76. The van der Waals surface area contributed by atoms with Gasteiger partial charge in [-0.1, -0.05) is 25.5 Å². The Morgan fingerprint density at radius 1 is 1.00 bits per heavy atom. The molecule has 0 bridgehead atoms. The zero-order chi connectivity index (χ0) is 19.2. The first kappa shape index (κ1) is 18.5. The topological polar surface area (TPSA) is 74.8 Å². The maximum absolute atomic E-state index is 13.1. The van der Waals surface area contributed by atoms with E-state index in [1.165, 1.54) is 0 Å². The van der Waals surface area contributed by atoms with Crippen LogP contribution < -0.4 is 0 Å². The van der Waals surface area contributed by atoms with Gasteiger partial charge in [0.1, 0.15) is 0 Å². The maximum Gasteiger partial charge on any atom is 0.254 e. The van der Waals surface area contributed by atoms with Crippen LogP contribution in [0.4, 0.5) is 0 Å². The Morgan fingerprint density at radius 2 is 1.59 bits per heavy atom. The molecule has 6 nitrogen and oxygen atoms in total. The van der Waals surface area contributed by atoms with Gasteiger partial charge in [0, 0.05) is 24.6 Å². The van der Waals surface area contributed by atoms with Gasteiger partial charge in [-0.2, -0.15) is 0 Å². The highest BCUT2D eigenvalue weighted by Gasteiger charge is 2.50. The van der Waals surface area contributed by atoms with Crippen LogP contribution in [0.2, 0.25) is 0 Å². The molecule has 146 valence electrons. The van der Waals surface area contributed by atoms with Crippen LogP contribution in [0, 0.1) is 5.92 Å². The molecule has 1 aromatic carbocycles. The second-order valence-corrected chi connectivity index (χ2v) is 10.1. The first-order valence-corrected chi connectivity index (χ1v) is 11.6. The third-order valence-corrected chi connectivity index (χ3v) is 7.98. The van der Waals surface area contributed by atoms with Crippen molar-refractivity contribution in [3.8, 4) is 0 Å². The van der Waals surface area contributed by atoms with Crippen molar-refractivity contribution in [2.75, 3.05) is 24.6 Å². The molecular weight excluding hydrogens is 364 g/mol. The van der Waals surface area contributed by atoms with Crippen molar-refractivity contribution in [3.05, 3.63) is 35.4 Å². The lowest BCUT2D eigenvalue weighted by Gasteiger charge is -2.45. The van der Waals surface area contributed by atoms with Gasteiger partial charge in [-0.25, -0.2) is 8.42 Å². The quantitative estimate of drug-likeness (QED) is 0.784. The number of sulfone groups is 1. The molecule has 2 aliphatic heterocycles. The number of piperazine rings is 1. The Morgan fingerprint density at radius 3 is 2.15 bits per heavy atom. The van der Waals surface area contributed by atoms with Crippen molar-refractivity contribution in [1.29, 1.82) is 0 Å². The molecule has 27 heavy (non-hydrogen) atoms. The second kappa shape index (κ2) is 6.93. The molecule has 0 radical (unpaired) electrons. The number of rotatable bonds is 3. The standard InChI is InChI=1S/C20H26N2O4S/c1-2-14-6-8-16(9-7-14)20(24)22-11-10-21(19(23)15-4-3-5-15)17-12-27(25,26)13-18(17)22/h6-9,15,17-18H,2-5,10-13H2,1H3. The van der Waals surface area contributed by atoms with E-state index in [4.69, 9.17) is 0 Å². The molecule has 2 amide bonds. The molecule has 1 saturated carbocycles. The van der Waals surface area contributed by atoms with Crippen LogP contribution in [0.3, 0.4) is 0 Å². The predicted molar refractivity (Wildman–Crippen MR) is 102 cm³/mol. The Balaban J connectivity index is 1.58. The smallest absolute Gasteiger partial charge is 0.254 e. The Hall–Kier alpha value is -1.89.